The molecule has 0 aliphatic carbocycles. The first-order valence-electron chi connectivity index (χ1n) is 5.39. The first kappa shape index (κ1) is 10.5. The average Bonchev–Trinajstić information content (AvgIpc) is 3.09. The van der Waals surface area contributed by atoms with Gasteiger partial charge in [0.1, 0.15) is 0 Å². The van der Waals surface area contributed by atoms with Gasteiger partial charge in [0.15, 0.2) is 5.76 Å². The second kappa shape index (κ2) is 4.67. The molecule has 2 heterocycles. The molecule has 0 amide bonds. The summed E-state index contributed by atoms with van der Waals surface area (Å²) in [5, 5.41) is 11.5. The zero-order chi connectivity index (χ0) is 12.2. The third-order valence-electron chi connectivity index (χ3n) is 2.31. The van der Waals surface area contributed by atoms with E-state index in [1.54, 1.807) is 24.4 Å². The van der Waals surface area contributed by atoms with E-state index < -0.39 is 0 Å². The first-order chi connectivity index (χ1) is 8.92. The second-order valence-electron chi connectivity index (χ2n) is 3.56. The van der Waals surface area contributed by atoms with Crippen molar-refractivity contribution >= 4 is 12.2 Å². The summed E-state index contributed by atoms with van der Waals surface area (Å²) >= 11 is 0. The van der Waals surface area contributed by atoms with Crippen molar-refractivity contribution in [3.05, 3.63) is 54.2 Å². The van der Waals surface area contributed by atoms with Gasteiger partial charge in [-0.15, -0.1) is 10.2 Å². The molecule has 18 heavy (non-hydrogen) atoms. The second-order valence-corrected chi connectivity index (χ2v) is 3.56. The molecular weight excluding hydrogens is 230 g/mol. The minimum Gasteiger partial charge on any atom is -0.417 e. The summed E-state index contributed by atoms with van der Waals surface area (Å²) < 4.78 is 10.4. The Morgan fingerprint density at radius 2 is 1.83 bits per heavy atom. The maximum absolute atomic E-state index is 5.50. The van der Waals surface area contributed by atoms with E-state index in [0.717, 1.165) is 5.56 Å². The molecule has 3 rings (SSSR count). The Hall–Kier alpha value is -2.69. The Morgan fingerprint density at radius 3 is 2.61 bits per heavy atom. The van der Waals surface area contributed by atoms with Crippen LogP contribution in [0.25, 0.3) is 23.6 Å². The van der Waals surface area contributed by atoms with Crippen molar-refractivity contribution in [1.82, 2.24) is 15.4 Å². The molecular formula is C13H9N3O2. The highest BCUT2D eigenvalue weighted by Gasteiger charge is 2.05. The van der Waals surface area contributed by atoms with Gasteiger partial charge in [-0.2, -0.15) is 0 Å². The average molecular weight is 239 g/mol. The van der Waals surface area contributed by atoms with Gasteiger partial charge in [-0.1, -0.05) is 23.4 Å². The maximum atomic E-state index is 5.50. The highest BCUT2D eigenvalue weighted by Crippen LogP contribution is 2.17. The van der Waals surface area contributed by atoms with Crippen molar-refractivity contribution in [3.63, 3.8) is 0 Å². The predicted molar refractivity (Wildman–Crippen MR) is 65.2 cm³/mol. The minimum absolute atomic E-state index is 0.422. The van der Waals surface area contributed by atoms with E-state index in [9.17, 15) is 0 Å². The van der Waals surface area contributed by atoms with Gasteiger partial charge in [-0.25, -0.2) is 0 Å². The van der Waals surface area contributed by atoms with Crippen molar-refractivity contribution in [2.45, 2.75) is 0 Å². The molecule has 0 saturated carbocycles. The summed E-state index contributed by atoms with van der Waals surface area (Å²) in [4.78, 5) is 0. The maximum Gasteiger partial charge on any atom is 0.248 e. The molecule has 0 bridgehead atoms. The van der Waals surface area contributed by atoms with Crippen LogP contribution in [0.4, 0.5) is 0 Å². The molecule has 0 fully saturated rings. The Labute approximate surface area is 103 Å². The summed E-state index contributed by atoms with van der Waals surface area (Å²) in [6.45, 7) is 0. The van der Waals surface area contributed by atoms with Gasteiger partial charge in [0.05, 0.1) is 6.20 Å². The molecule has 1 aromatic carbocycles. The molecule has 0 aliphatic rings. The van der Waals surface area contributed by atoms with Gasteiger partial charge in [-0.05, 0) is 18.2 Å². The largest absolute Gasteiger partial charge is 0.417 e. The third-order valence-corrected chi connectivity index (χ3v) is 2.31. The summed E-state index contributed by atoms with van der Waals surface area (Å²) in [7, 11) is 0. The topological polar surface area (TPSA) is 65.0 Å². The standard InChI is InChI=1S/C13H9N3O2/c1-2-4-10(5-3-1)13-16-15-12(17-13)7-6-11-8-9-14-18-11/h1-9H. The Balaban J connectivity index is 1.82. The first-order valence-corrected chi connectivity index (χ1v) is 5.39. The zero-order valence-corrected chi connectivity index (χ0v) is 9.35. The Bertz CT molecular complexity index is 642. The lowest BCUT2D eigenvalue weighted by molar-refractivity contribution is 0.413. The van der Waals surface area contributed by atoms with Crippen LogP contribution in [0.5, 0.6) is 0 Å². The van der Waals surface area contributed by atoms with Crippen LogP contribution in [0.1, 0.15) is 11.7 Å². The van der Waals surface area contributed by atoms with E-state index in [-0.39, 0.29) is 0 Å². The smallest absolute Gasteiger partial charge is 0.248 e. The molecule has 0 atom stereocenters. The van der Waals surface area contributed by atoms with E-state index in [2.05, 4.69) is 15.4 Å². The van der Waals surface area contributed by atoms with E-state index in [1.807, 2.05) is 30.3 Å². The molecule has 88 valence electrons. The number of hydrogen-bond acceptors (Lipinski definition) is 5. The fraction of sp³-hybridized carbons (Fsp3) is 0. The predicted octanol–water partition coefficient (Wildman–Crippen LogP) is 2.90. The van der Waals surface area contributed by atoms with Crippen LogP contribution in [-0.2, 0) is 0 Å². The molecule has 0 aliphatic heterocycles. The number of aromatic nitrogens is 3. The lowest BCUT2D eigenvalue weighted by Gasteiger charge is -1.90. The lowest BCUT2D eigenvalue weighted by Crippen LogP contribution is -1.75. The fourth-order valence-electron chi connectivity index (χ4n) is 1.46. The number of hydrogen-bond donors (Lipinski definition) is 0. The highest BCUT2D eigenvalue weighted by molar-refractivity contribution is 5.63. The van der Waals surface area contributed by atoms with Gasteiger partial charge in [0.2, 0.25) is 11.8 Å². The highest BCUT2D eigenvalue weighted by atomic mass is 16.5. The molecule has 3 aromatic rings. The van der Waals surface area contributed by atoms with E-state index >= 15 is 0 Å². The SMILES string of the molecule is C(=Cc1nnc(-c2ccccc2)o1)c1ccno1. The van der Waals surface area contributed by atoms with E-state index in [1.165, 1.54) is 0 Å². The van der Waals surface area contributed by atoms with Crippen LogP contribution in [0.3, 0.4) is 0 Å². The van der Waals surface area contributed by atoms with Gasteiger partial charge < -0.3 is 8.94 Å². The van der Waals surface area contributed by atoms with Crippen LogP contribution in [0, 0.1) is 0 Å². The lowest BCUT2D eigenvalue weighted by atomic mass is 10.2. The van der Waals surface area contributed by atoms with Gasteiger partial charge in [-0.3, -0.25) is 0 Å². The van der Waals surface area contributed by atoms with Crippen molar-refractivity contribution in [2.75, 3.05) is 0 Å². The molecule has 5 heteroatoms. The van der Waals surface area contributed by atoms with E-state index in [4.69, 9.17) is 8.94 Å². The molecule has 5 nitrogen and oxygen atoms in total. The summed E-state index contributed by atoms with van der Waals surface area (Å²) in [5.41, 5.74) is 0.893. The fourth-order valence-corrected chi connectivity index (χ4v) is 1.46. The molecule has 0 N–H and O–H groups in total. The normalized spacial score (nSPS) is 11.1. The molecule has 0 radical (unpaired) electrons. The van der Waals surface area contributed by atoms with E-state index in [0.29, 0.717) is 17.5 Å². The van der Waals surface area contributed by atoms with Crippen molar-refractivity contribution in [3.8, 4) is 11.5 Å². The molecule has 2 aromatic heterocycles. The molecule has 0 unspecified atom stereocenters. The van der Waals surface area contributed by atoms with Crippen molar-refractivity contribution in [2.24, 2.45) is 0 Å². The molecule has 0 spiro atoms. The van der Waals surface area contributed by atoms with Crippen LogP contribution < -0.4 is 0 Å². The summed E-state index contributed by atoms with van der Waals surface area (Å²) in [6.07, 6.45) is 4.97. The number of rotatable bonds is 3. The van der Waals surface area contributed by atoms with Crippen LogP contribution in [-0.4, -0.2) is 15.4 Å². The van der Waals surface area contributed by atoms with Crippen molar-refractivity contribution < 1.29 is 8.94 Å². The van der Waals surface area contributed by atoms with Crippen LogP contribution in [0.15, 0.2) is 51.5 Å². The van der Waals surface area contributed by atoms with Crippen LogP contribution >= 0.6 is 0 Å². The number of nitrogens with zero attached hydrogens (tertiary/aromatic N) is 3. The van der Waals surface area contributed by atoms with Crippen LogP contribution in [0.2, 0.25) is 0 Å². The zero-order valence-electron chi connectivity index (χ0n) is 9.35. The number of benzene rings is 1. The van der Waals surface area contributed by atoms with Crippen molar-refractivity contribution in [1.29, 1.82) is 0 Å². The molecule has 0 saturated heterocycles. The minimum atomic E-state index is 0.422. The Morgan fingerprint density at radius 1 is 0.944 bits per heavy atom. The van der Waals surface area contributed by atoms with Gasteiger partial charge in [0, 0.05) is 17.7 Å². The monoisotopic (exact) mass is 239 g/mol. The van der Waals surface area contributed by atoms with Gasteiger partial charge in [0.25, 0.3) is 0 Å². The summed E-state index contributed by atoms with van der Waals surface area (Å²) in [5.74, 6) is 1.55. The quantitative estimate of drug-likeness (QED) is 0.703. The third kappa shape index (κ3) is 2.20. The summed E-state index contributed by atoms with van der Waals surface area (Å²) in [6, 6.07) is 11.3. The van der Waals surface area contributed by atoms with Gasteiger partial charge >= 0.3 is 0 Å². The Kier molecular flexibility index (Phi) is 2.71.